The molecule has 86 valence electrons. The highest BCUT2D eigenvalue weighted by Gasteiger charge is 2.40. The lowest BCUT2D eigenvalue weighted by atomic mass is 10.3. The minimum Gasteiger partial charge on any atom is -0.378 e. The van der Waals surface area contributed by atoms with Crippen molar-refractivity contribution in [3.8, 4) is 0 Å². The summed E-state index contributed by atoms with van der Waals surface area (Å²) in [6.07, 6.45) is -4.79. The van der Waals surface area contributed by atoms with E-state index in [1.165, 1.54) is 22.7 Å². The molecule has 0 unspecified atom stereocenters. The molecule has 2 aromatic heterocycles. The van der Waals surface area contributed by atoms with Gasteiger partial charge in [-0.3, -0.25) is 0 Å². The highest BCUT2D eigenvalue weighted by molar-refractivity contribution is 6.30. The minimum atomic E-state index is -4.72. The van der Waals surface area contributed by atoms with E-state index >= 15 is 0 Å². The van der Waals surface area contributed by atoms with Gasteiger partial charge in [0.1, 0.15) is 5.65 Å². The average molecular weight is 251 g/mol. The summed E-state index contributed by atoms with van der Waals surface area (Å²) < 4.78 is 38.0. The van der Waals surface area contributed by atoms with E-state index in [0.29, 0.717) is 10.7 Å². The number of alkyl halides is 3. The molecule has 0 saturated heterocycles. The lowest BCUT2D eigenvalue weighted by Crippen LogP contribution is -2.20. The zero-order chi connectivity index (χ0) is 11.9. The van der Waals surface area contributed by atoms with Crippen molar-refractivity contribution in [1.82, 2.24) is 9.38 Å². The van der Waals surface area contributed by atoms with Crippen molar-refractivity contribution in [3.05, 3.63) is 35.2 Å². The number of aromatic nitrogens is 2. The normalized spacial score (nSPS) is 14.3. The molecule has 0 aliphatic rings. The second kappa shape index (κ2) is 3.64. The first-order valence-corrected chi connectivity index (χ1v) is 4.64. The number of aliphatic hydroxyl groups excluding tert-OH is 1. The third kappa shape index (κ3) is 1.98. The fourth-order valence-electron chi connectivity index (χ4n) is 1.28. The fraction of sp³-hybridized carbons (Fsp3) is 0.222. The number of imidazole rings is 1. The summed E-state index contributed by atoms with van der Waals surface area (Å²) in [5.74, 6) is 0. The van der Waals surface area contributed by atoms with Gasteiger partial charge < -0.3 is 9.51 Å². The molecule has 0 bridgehead atoms. The van der Waals surface area contributed by atoms with Gasteiger partial charge in [-0.15, -0.1) is 0 Å². The number of halogens is 4. The summed E-state index contributed by atoms with van der Waals surface area (Å²) in [6.45, 7) is 0. The van der Waals surface area contributed by atoms with Gasteiger partial charge in [0.05, 0.1) is 10.7 Å². The van der Waals surface area contributed by atoms with Crippen LogP contribution in [0.25, 0.3) is 5.65 Å². The average Bonchev–Trinajstić information content (AvgIpc) is 2.57. The molecule has 0 aliphatic heterocycles. The van der Waals surface area contributed by atoms with Gasteiger partial charge in [0.15, 0.2) is 6.10 Å². The van der Waals surface area contributed by atoms with Crippen LogP contribution >= 0.6 is 11.6 Å². The van der Waals surface area contributed by atoms with Crippen LogP contribution in [0.5, 0.6) is 0 Å². The Hall–Kier alpha value is -1.27. The van der Waals surface area contributed by atoms with Crippen molar-refractivity contribution >= 4 is 17.2 Å². The Kier molecular flexibility index (Phi) is 2.55. The lowest BCUT2D eigenvalue weighted by molar-refractivity contribution is -0.207. The first-order valence-electron chi connectivity index (χ1n) is 4.27. The number of fused-ring (bicyclic) bond motifs is 1. The first-order chi connectivity index (χ1) is 7.38. The maximum atomic E-state index is 12.2. The van der Waals surface area contributed by atoms with Crippen LogP contribution in [0.3, 0.4) is 0 Å². The quantitative estimate of drug-likeness (QED) is 0.845. The van der Waals surface area contributed by atoms with E-state index in [-0.39, 0.29) is 0 Å². The van der Waals surface area contributed by atoms with Gasteiger partial charge in [0, 0.05) is 12.4 Å². The molecule has 2 rings (SSSR count). The third-order valence-electron chi connectivity index (χ3n) is 2.02. The van der Waals surface area contributed by atoms with Crippen molar-refractivity contribution in [2.45, 2.75) is 12.3 Å². The van der Waals surface area contributed by atoms with Crippen LogP contribution in [0, 0.1) is 0 Å². The first kappa shape index (κ1) is 11.2. The van der Waals surface area contributed by atoms with Gasteiger partial charge in [-0.1, -0.05) is 11.6 Å². The number of rotatable bonds is 1. The van der Waals surface area contributed by atoms with Crippen LogP contribution in [0.15, 0.2) is 24.5 Å². The molecule has 0 amide bonds. The van der Waals surface area contributed by atoms with E-state index in [4.69, 9.17) is 16.7 Å². The van der Waals surface area contributed by atoms with Crippen molar-refractivity contribution in [3.63, 3.8) is 0 Å². The van der Waals surface area contributed by atoms with E-state index in [1.54, 1.807) is 0 Å². The molecule has 1 atom stereocenters. The Balaban J connectivity index is 2.47. The molecule has 0 radical (unpaired) electrons. The highest BCUT2D eigenvalue weighted by Crippen LogP contribution is 2.31. The number of nitrogens with zero attached hydrogens (tertiary/aromatic N) is 2. The second-order valence-corrected chi connectivity index (χ2v) is 3.66. The number of hydrogen-bond donors (Lipinski definition) is 1. The SMILES string of the molecule is O[C@@H](c1cn2cc(Cl)ccc2n1)C(F)(F)F. The summed E-state index contributed by atoms with van der Waals surface area (Å²) in [5, 5.41) is 9.37. The van der Waals surface area contributed by atoms with Crippen LogP contribution < -0.4 is 0 Å². The van der Waals surface area contributed by atoms with Crippen LogP contribution in [-0.2, 0) is 0 Å². The lowest BCUT2D eigenvalue weighted by Gasteiger charge is -2.10. The van der Waals surface area contributed by atoms with E-state index in [0.717, 1.165) is 6.20 Å². The Bertz CT molecular complexity index is 523. The summed E-state index contributed by atoms with van der Waals surface area (Å²) in [4.78, 5) is 3.65. The van der Waals surface area contributed by atoms with E-state index in [2.05, 4.69) is 4.98 Å². The summed E-state index contributed by atoms with van der Waals surface area (Å²) in [6, 6.07) is 2.97. The summed E-state index contributed by atoms with van der Waals surface area (Å²) >= 11 is 5.66. The van der Waals surface area contributed by atoms with Gasteiger partial charge in [-0.25, -0.2) is 4.98 Å². The molecule has 2 aromatic rings. The maximum absolute atomic E-state index is 12.2. The number of aliphatic hydroxyl groups is 1. The van der Waals surface area contributed by atoms with Crippen LogP contribution in [0.2, 0.25) is 5.02 Å². The Morgan fingerprint density at radius 3 is 2.62 bits per heavy atom. The standard InChI is InChI=1S/C9H6ClF3N2O/c10-5-1-2-7-14-6(4-15(7)3-5)8(16)9(11,12)13/h1-4,8,16H/t8-/m0/s1. The molecule has 7 heteroatoms. The number of pyridine rings is 1. The largest absolute Gasteiger partial charge is 0.420 e. The summed E-state index contributed by atoms with van der Waals surface area (Å²) in [5.41, 5.74) is -0.155. The van der Waals surface area contributed by atoms with Gasteiger partial charge in [0.25, 0.3) is 0 Å². The maximum Gasteiger partial charge on any atom is 0.420 e. The third-order valence-corrected chi connectivity index (χ3v) is 2.25. The number of hydrogen-bond acceptors (Lipinski definition) is 2. The van der Waals surface area contributed by atoms with Crippen molar-refractivity contribution < 1.29 is 18.3 Å². The van der Waals surface area contributed by atoms with Crippen molar-refractivity contribution in [2.75, 3.05) is 0 Å². The molecule has 3 nitrogen and oxygen atoms in total. The highest BCUT2D eigenvalue weighted by atomic mass is 35.5. The van der Waals surface area contributed by atoms with Crippen LogP contribution in [-0.4, -0.2) is 20.7 Å². The van der Waals surface area contributed by atoms with Crippen molar-refractivity contribution in [1.29, 1.82) is 0 Å². The zero-order valence-electron chi connectivity index (χ0n) is 7.74. The molecule has 0 aliphatic carbocycles. The smallest absolute Gasteiger partial charge is 0.378 e. The zero-order valence-corrected chi connectivity index (χ0v) is 8.50. The monoisotopic (exact) mass is 250 g/mol. The molecule has 16 heavy (non-hydrogen) atoms. The Morgan fingerprint density at radius 2 is 2.00 bits per heavy atom. The predicted octanol–water partition coefficient (Wildman–Crippen LogP) is 2.58. The molecule has 0 fully saturated rings. The van der Waals surface area contributed by atoms with Crippen LogP contribution in [0.4, 0.5) is 13.2 Å². The molecule has 1 N–H and O–H groups in total. The van der Waals surface area contributed by atoms with Gasteiger partial charge in [0.2, 0.25) is 0 Å². The minimum absolute atomic E-state index is 0.294. The Labute approximate surface area is 93.1 Å². The molecule has 0 spiro atoms. The fourth-order valence-corrected chi connectivity index (χ4v) is 1.45. The van der Waals surface area contributed by atoms with Crippen molar-refractivity contribution in [2.24, 2.45) is 0 Å². The topological polar surface area (TPSA) is 37.5 Å². The van der Waals surface area contributed by atoms with Crippen LogP contribution in [0.1, 0.15) is 11.8 Å². The summed E-state index contributed by atoms with van der Waals surface area (Å²) in [7, 11) is 0. The second-order valence-electron chi connectivity index (χ2n) is 3.22. The van der Waals surface area contributed by atoms with E-state index < -0.39 is 18.0 Å². The predicted molar refractivity (Wildman–Crippen MR) is 51.2 cm³/mol. The molecular weight excluding hydrogens is 245 g/mol. The van der Waals surface area contributed by atoms with Gasteiger partial charge in [-0.05, 0) is 12.1 Å². The van der Waals surface area contributed by atoms with E-state index in [9.17, 15) is 13.2 Å². The van der Waals surface area contributed by atoms with Gasteiger partial charge >= 0.3 is 6.18 Å². The van der Waals surface area contributed by atoms with E-state index in [1.807, 2.05) is 0 Å². The molecular formula is C9H6ClF3N2O. The molecule has 0 saturated carbocycles. The molecule has 0 aromatic carbocycles. The van der Waals surface area contributed by atoms with Gasteiger partial charge in [-0.2, -0.15) is 13.2 Å². The Morgan fingerprint density at radius 1 is 1.31 bits per heavy atom. The molecule has 2 heterocycles.